The van der Waals surface area contributed by atoms with Gasteiger partial charge in [0.15, 0.2) is 11.6 Å². The molecule has 1 N–H and O–H groups in total. The molecule has 40 heavy (non-hydrogen) atoms. The van der Waals surface area contributed by atoms with Crippen molar-refractivity contribution < 1.29 is 15.0 Å². The van der Waals surface area contributed by atoms with Crippen molar-refractivity contribution in [1.82, 2.24) is 20.1 Å². The molecule has 1 aromatic heterocycles. The van der Waals surface area contributed by atoms with Crippen LogP contribution in [0.25, 0.3) is 0 Å². The lowest BCUT2D eigenvalue weighted by atomic mass is 9.99. The fourth-order valence-electron chi connectivity index (χ4n) is 5.69. The minimum Gasteiger partial charge on any atom is -0.353 e. The number of piperidine rings is 1. The minimum atomic E-state index is -0.949. The second-order valence-corrected chi connectivity index (χ2v) is 11.5. The number of amides is 1. The largest absolute Gasteiger partial charge is 0.353 e. The number of rotatable bonds is 7. The van der Waals surface area contributed by atoms with Gasteiger partial charge in [0.2, 0.25) is 0 Å². The van der Waals surface area contributed by atoms with Crippen molar-refractivity contribution >= 4 is 34.9 Å². The summed E-state index contributed by atoms with van der Waals surface area (Å²) >= 11 is 12.6. The molecule has 3 heterocycles. The Morgan fingerprint density at radius 3 is 2.40 bits per heavy atom. The molecule has 0 unspecified atom stereocenters. The van der Waals surface area contributed by atoms with Crippen molar-refractivity contribution in [2.24, 2.45) is 0 Å². The number of nitrogens with zero attached hydrogens (tertiary/aromatic N) is 4. The molecule has 0 spiro atoms. The molecule has 0 radical (unpaired) electrons. The van der Waals surface area contributed by atoms with Gasteiger partial charge in [-0.2, -0.15) is 0 Å². The zero-order chi connectivity index (χ0) is 28.2. The lowest BCUT2D eigenvalue weighted by molar-refractivity contribution is 0.0690. The lowest BCUT2D eigenvalue weighted by Crippen LogP contribution is -2.57. The van der Waals surface area contributed by atoms with E-state index < -0.39 is 11.6 Å². The van der Waals surface area contributed by atoms with Gasteiger partial charge in [-0.3, -0.25) is 14.6 Å². The summed E-state index contributed by atoms with van der Waals surface area (Å²) < 4.78 is 26.6. The molecular weight excluding hydrogens is 555 g/mol. The van der Waals surface area contributed by atoms with Crippen molar-refractivity contribution in [3.05, 3.63) is 93.1 Å². The Kier molecular flexibility index (Phi) is 9.20. The molecule has 2 saturated heterocycles. The Hall–Kier alpha value is -2.78. The monoisotopic (exact) mass is 589 g/mol. The van der Waals surface area contributed by atoms with E-state index >= 15 is 0 Å². The van der Waals surface area contributed by atoms with Crippen molar-refractivity contribution in [1.29, 1.82) is 0 Å². The third-order valence-corrected chi connectivity index (χ3v) is 8.38. The van der Waals surface area contributed by atoms with Gasteiger partial charge in [0.1, 0.15) is 5.82 Å². The van der Waals surface area contributed by atoms with Crippen LogP contribution in [0.5, 0.6) is 0 Å². The molecule has 2 aromatic carbocycles. The first-order chi connectivity index (χ1) is 19.3. The van der Waals surface area contributed by atoms with E-state index in [-0.39, 0.29) is 13.9 Å². The molecule has 2 aliphatic heterocycles. The van der Waals surface area contributed by atoms with Gasteiger partial charge in [-0.25, -0.2) is 13.8 Å². The van der Waals surface area contributed by atoms with Crippen LogP contribution in [0.4, 0.5) is 14.6 Å². The summed E-state index contributed by atoms with van der Waals surface area (Å²) in [4.78, 5) is 24.4. The van der Waals surface area contributed by atoms with Crippen LogP contribution in [0, 0.1) is 11.6 Å². The summed E-state index contributed by atoms with van der Waals surface area (Å²) in [5.74, 6) is -1.59. The third-order valence-electron chi connectivity index (χ3n) is 7.85. The van der Waals surface area contributed by atoms with Crippen molar-refractivity contribution in [2.45, 2.75) is 44.9 Å². The van der Waals surface area contributed by atoms with E-state index in [2.05, 4.69) is 44.1 Å². The molecule has 1 atom stereocenters. The van der Waals surface area contributed by atoms with Gasteiger partial charge >= 0.3 is 0 Å². The third kappa shape index (κ3) is 6.92. The topological polar surface area (TPSA) is 51.7 Å². The molecule has 2 fully saturated rings. The smallest absolute Gasteiger partial charge is 0.253 e. The van der Waals surface area contributed by atoms with Crippen molar-refractivity contribution in [3.8, 4) is 0 Å². The zero-order valence-corrected chi connectivity index (χ0v) is 23.9. The summed E-state index contributed by atoms with van der Waals surface area (Å²) in [6, 6.07) is 14.2. The molecule has 0 aliphatic carbocycles. The van der Waals surface area contributed by atoms with Crippen LogP contribution in [0.2, 0.25) is 10.0 Å². The molecule has 214 valence electrons. The highest BCUT2D eigenvalue weighted by Crippen LogP contribution is 2.29. The highest BCUT2D eigenvalue weighted by Gasteiger charge is 2.32. The summed E-state index contributed by atoms with van der Waals surface area (Å²) in [5.41, 5.74) is 2.07. The highest BCUT2D eigenvalue weighted by atomic mass is 35.5. The Bertz CT molecular complexity index is 1340. The van der Waals surface area contributed by atoms with Crippen LogP contribution in [-0.2, 0) is 13.1 Å². The average molecular weight is 591 g/mol. The number of pyridine rings is 1. The van der Waals surface area contributed by atoms with Gasteiger partial charge in [0, 0.05) is 57.5 Å². The summed E-state index contributed by atoms with van der Waals surface area (Å²) in [5, 5.41) is 3.88. The van der Waals surface area contributed by atoms with E-state index in [0.29, 0.717) is 34.1 Å². The number of halogens is 4. The van der Waals surface area contributed by atoms with E-state index in [1.54, 1.807) is 6.07 Å². The Morgan fingerprint density at radius 2 is 1.73 bits per heavy atom. The fourth-order valence-corrected chi connectivity index (χ4v) is 6.10. The van der Waals surface area contributed by atoms with Gasteiger partial charge in [-0.05, 0) is 74.3 Å². The number of carbonyl (C=O) groups excluding carboxylic acids is 1. The van der Waals surface area contributed by atoms with Crippen LogP contribution in [-0.4, -0.2) is 65.5 Å². The first-order valence-electron chi connectivity index (χ1n) is 13.6. The quantitative estimate of drug-likeness (QED) is 0.365. The molecule has 0 saturated carbocycles. The number of anilines is 1. The van der Waals surface area contributed by atoms with Gasteiger partial charge in [0.25, 0.3) is 5.91 Å². The number of carbonyl (C=O) groups is 1. The SMILES string of the molecule is C[C@@H]1CN(c2ncc(C(=O)NCc3ccc(F)c(F)c3)cc2Cl)CCN1C1CCN(Cc2ccc(Cl)cc2)CC1.[HH]. The first-order valence-corrected chi connectivity index (χ1v) is 14.4. The molecule has 3 aromatic rings. The normalized spacial score (nSPS) is 19.1. The van der Waals surface area contributed by atoms with Gasteiger partial charge in [-0.1, -0.05) is 41.4 Å². The number of hydrogen-bond donors (Lipinski definition) is 1. The van der Waals surface area contributed by atoms with Crippen LogP contribution in [0.3, 0.4) is 0 Å². The average Bonchev–Trinajstić information content (AvgIpc) is 2.95. The summed E-state index contributed by atoms with van der Waals surface area (Å²) in [6.45, 7) is 7.96. The second-order valence-electron chi connectivity index (χ2n) is 10.6. The van der Waals surface area contributed by atoms with Gasteiger partial charge in [0.05, 0.1) is 10.6 Å². The Balaban J connectivity index is 0.00000387. The Labute approximate surface area is 245 Å². The van der Waals surface area contributed by atoms with Gasteiger partial charge in [-0.15, -0.1) is 0 Å². The number of likely N-dealkylation sites (tertiary alicyclic amines) is 1. The maximum absolute atomic E-state index is 13.4. The number of nitrogens with one attached hydrogen (secondary N) is 1. The standard InChI is InChI=1S/C30H33Cl2F2N5O.H2/c1-20-18-38(12-13-39(20)25-8-10-37(11-9-25)19-21-2-5-24(31)6-3-21)29-26(32)15-23(17-35-29)30(40)36-16-22-4-7-27(33)28(34)14-22;/h2-7,14-15,17,20,25H,8-13,16,18-19H2,1H3,(H,36,40);1H/t20-;/m1./s1. The van der Waals surface area contributed by atoms with Crippen molar-refractivity contribution in [3.63, 3.8) is 0 Å². The highest BCUT2D eigenvalue weighted by molar-refractivity contribution is 6.33. The molecule has 2 aliphatic rings. The predicted molar refractivity (Wildman–Crippen MR) is 157 cm³/mol. The summed E-state index contributed by atoms with van der Waals surface area (Å²) in [6.07, 6.45) is 3.80. The maximum Gasteiger partial charge on any atom is 0.253 e. The van der Waals surface area contributed by atoms with Crippen LogP contribution in [0.15, 0.2) is 54.7 Å². The molecule has 0 bridgehead atoms. The maximum atomic E-state index is 13.4. The summed E-state index contributed by atoms with van der Waals surface area (Å²) in [7, 11) is 0. The number of piperazine rings is 1. The molecular formula is C30H35Cl2F2N5O. The molecule has 5 rings (SSSR count). The second kappa shape index (κ2) is 12.8. The van der Waals surface area contributed by atoms with E-state index in [1.165, 1.54) is 17.8 Å². The fraction of sp³-hybridized carbons (Fsp3) is 0.400. The number of hydrogen-bond acceptors (Lipinski definition) is 5. The molecule has 6 nitrogen and oxygen atoms in total. The molecule has 1 amide bonds. The van der Waals surface area contributed by atoms with E-state index in [0.717, 1.165) is 69.3 Å². The first kappa shape index (κ1) is 28.7. The predicted octanol–water partition coefficient (Wildman–Crippen LogP) is 6.02. The van der Waals surface area contributed by atoms with E-state index in [9.17, 15) is 13.6 Å². The zero-order valence-electron chi connectivity index (χ0n) is 22.4. The number of aromatic nitrogens is 1. The van der Waals surface area contributed by atoms with Crippen LogP contribution < -0.4 is 10.2 Å². The van der Waals surface area contributed by atoms with Crippen molar-refractivity contribution in [2.75, 3.05) is 37.6 Å². The van der Waals surface area contributed by atoms with E-state index in [4.69, 9.17) is 23.2 Å². The van der Waals surface area contributed by atoms with Crippen LogP contribution in [0.1, 0.15) is 42.7 Å². The lowest BCUT2D eigenvalue weighted by Gasteiger charge is -2.47. The Morgan fingerprint density at radius 1 is 1.00 bits per heavy atom. The van der Waals surface area contributed by atoms with Crippen LogP contribution >= 0.6 is 23.2 Å². The van der Waals surface area contributed by atoms with E-state index in [1.807, 2.05) is 12.1 Å². The molecule has 10 heteroatoms. The number of benzene rings is 2. The van der Waals surface area contributed by atoms with Gasteiger partial charge < -0.3 is 10.2 Å². The minimum absolute atomic E-state index is 0.